The van der Waals surface area contributed by atoms with Gasteiger partial charge in [-0.2, -0.15) is 0 Å². The number of anilines is 3. The molecule has 20 heavy (non-hydrogen) atoms. The minimum Gasteiger partial charge on any atom is -0.397 e. The summed E-state index contributed by atoms with van der Waals surface area (Å²) in [5.41, 5.74) is 8.58. The van der Waals surface area contributed by atoms with E-state index in [1.165, 1.54) is 18.2 Å². The molecule has 3 N–H and O–H groups in total. The minimum atomic E-state index is -0.360. The summed E-state index contributed by atoms with van der Waals surface area (Å²) >= 11 is 7.62. The van der Waals surface area contributed by atoms with E-state index in [-0.39, 0.29) is 5.82 Å². The maximum absolute atomic E-state index is 13.3. The van der Waals surface area contributed by atoms with Crippen molar-refractivity contribution in [3.05, 3.63) is 46.2 Å². The van der Waals surface area contributed by atoms with Gasteiger partial charge in [0.05, 0.1) is 37.3 Å². The van der Waals surface area contributed by atoms with E-state index >= 15 is 0 Å². The van der Waals surface area contributed by atoms with Crippen LogP contribution in [0.3, 0.4) is 0 Å². The number of benzene rings is 2. The molecule has 0 aliphatic carbocycles. The van der Waals surface area contributed by atoms with Gasteiger partial charge in [0.1, 0.15) is 5.82 Å². The van der Waals surface area contributed by atoms with Crippen LogP contribution in [-0.4, -0.2) is 4.98 Å². The number of nitrogens with zero attached hydrogens (tertiary/aromatic N) is 1. The first-order valence-corrected chi connectivity index (χ1v) is 7.11. The Kier molecular flexibility index (Phi) is 3.23. The average molecular weight is 308 g/mol. The van der Waals surface area contributed by atoms with E-state index in [2.05, 4.69) is 10.3 Å². The van der Waals surface area contributed by atoms with Crippen molar-refractivity contribution in [1.82, 2.24) is 4.98 Å². The fourth-order valence-corrected chi connectivity index (χ4v) is 2.97. The molecule has 0 spiro atoms. The number of hydrogen-bond donors (Lipinski definition) is 2. The van der Waals surface area contributed by atoms with Crippen molar-refractivity contribution in [2.24, 2.45) is 0 Å². The molecular weight excluding hydrogens is 297 g/mol. The van der Waals surface area contributed by atoms with Gasteiger partial charge in [-0.1, -0.05) is 11.6 Å². The summed E-state index contributed by atoms with van der Waals surface area (Å²) in [5, 5.41) is 4.45. The molecule has 0 atom stereocenters. The Morgan fingerprint density at radius 2 is 2.05 bits per heavy atom. The number of rotatable bonds is 2. The third kappa shape index (κ3) is 2.42. The van der Waals surface area contributed by atoms with Crippen molar-refractivity contribution >= 4 is 50.2 Å². The number of nitrogens with one attached hydrogen (secondary N) is 1. The van der Waals surface area contributed by atoms with Crippen molar-refractivity contribution in [1.29, 1.82) is 0 Å². The van der Waals surface area contributed by atoms with Crippen LogP contribution in [0.4, 0.5) is 21.5 Å². The Morgan fingerprint density at radius 1 is 1.25 bits per heavy atom. The molecule has 0 fully saturated rings. The van der Waals surface area contributed by atoms with E-state index in [1.54, 1.807) is 11.3 Å². The Balaban J connectivity index is 2.05. The Morgan fingerprint density at radius 3 is 2.85 bits per heavy atom. The lowest BCUT2D eigenvalue weighted by atomic mass is 10.2. The monoisotopic (exact) mass is 307 g/mol. The second kappa shape index (κ2) is 4.92. The lowest BCUT2D eigenvalue weighted by Gasteiger charge is -2.11. The van der Waals surface area contributed by atoms with Crippen LogP contribution in [0.15, 0.2) is 30.3 Å². The topological polar surface area (TPSA) is 50.9 Å². The summed E-state index contributed by atoms with van der Waals surface area (Å²) in [6, 6.07) is 7.84. The molecule has 3 nitrogen and oxygen atoms in total. The molecule has 2 aromatic carbocycles. The predicted octanol–water partition coefficient (Wildman–Crippen LogP) is 4.72. The third-order valence-electron chi connectivity index (χ3n) is 2.86. The Hall–Kier alpha value is -1.85. The number of hydrogen-bond acceptors (Lipinski definition) is 4. The van der Waals surface area contributed by atoms with E-state index in [0.717, 1.165) is 15.2 Å². The molecule has 0 aliphatic heterocycles. The standard InChI is InChI=1S/C14H11ClFN3S/c1-7-18-13-6-12(10(17)5-14(13)20-7)19-11-4-8(16)2-3-9(11)15/h2-6,19H,17H2,1H3. The number of nitrogens with two attached hydrogens (primary N) is 1. The summed E-state index contributed by atoms with van der Waals surface area (Å²) < 4.78 is 14.3. The number of fused-ring (bicyclic) bond motifs is 1. The Bertz CT molecular complexity index is 800. The van der Waals surface area contributed by atoms with Crippen molar-refractivity contribution in [3.63, 3.8) is 0 Å². The second-order valence-electron chi connectivity index (χ2n) is 4.39. The molecule has 1 aromatic heterocycles. The van der Waals surface area contributed by atoms with Gasteiger partial charge < -0.3 is 11.1 Å². The third-order valence-corrected chi connectivity index (χ3v) is 4.13. The number of thiazole rings is 1. The van der Waals surface area contributed by atoms with Crippen molar-refractivity contribution < 1.29 is 4.39 Å². The number of aryl methyl sites for hydroxylation is 1. The fraction of sp³-hybridized carbons (Fsp3) is 0.0714. The van der Waals surface area contributed by atoms with Crippen LogP contribution in [0.1, 0.15) is 5.01 Å². The number of aromatic nitrogens is 1. The van der Waals surface area contributed by atoms with Crippen LogP contribution < -0.4 is 11.1 Å². The zero-order valence-corrected chi connectivity index (χ0v) is 12.1. The molecule has 0 radical (unpaired) electrons. The van der Waals surface area contributed by atoms with Gasteiger partial charge in [0, 0.05) is 0 Å². The van der Waals surface area contributed by atoms with Crippen molar-refractivity contribution in [2.75, 3.05) is 11.1 Å². The average Bonchev–Trinajstić information content (AvgIpc) is 2.73. The maximum Gasteiger partial charge on any atom is 0.125 e. The molecular formula is C14H11ClFN3S. The molecule has 102 valence electrons. The van der Waals surface area contributed by atoms with Crippen LogP contribution in [0.25, 0.3) is 10.2 Å². The number of nitrogen functional groups attached to an aromatic ring is 1. The van der Waals surface area contributed by atoms with Gasteiger partial charge in [-0.05, 0) is 37.3 Å². The highest BCUT2D eigenvalue weighted by molar-refractivity contribution is 7.18. The zero-order chi connectivity index (χ0) is 14.3. The number of halogens is 2. The van der Waals surface area contributed by atoms with Gasteiger partial charge in [0.15, 0.2) is 0 Å². The highest BCUT2D eigenvalue weighted by atomic mass is 35.5. The van der Waals surface area contributed by atoms with E-state index in [9.17, 15) is 4.39 Å². The van der Waals surface area contributed by atoms with Crippen LogP contribution in [-0.2, 0) is 0 Å². The van der Waals surface area contributed by atoms with Gasteiger partial charge in [-0.3, -0.25) is 0 Å². The lowest BCUT2D eigenvalue weighted by Crippen LogP contribution is -1.97. The zero-order valence-electron chi connectivity index (χ0n) is 10.6. The molecule has 0 unspecified atom stereocenters. The Labute approximate surface area is 124 Å². The van der Waals surface area contributed by atoms with E-state index in [1.807, 2.05) is 19.1 Å². The van der Waals surface area contributed by atoms with Crippen LogP contribution in [0.5, 0.6) is 0 Å². The second-order valence-corrected chi connectivity index (χ2v) is 6.03. The first-order valence-electron chi connectivity index (χ1n) is 5.91. The highest BCUT2D eigenvalue weighted by Gasteiger charge is 2.09. The molecule has 3 aromatic rings. The molecule has 0 amide bonds. The van der Waals surface area contributed by atoms with E-state index < -0.39 is 0 Å². The molecule has 6 heteroatoms. The molecule has 0 saturated heterocycles. The normalized spacial score (nSPS) is 10.9. The predicted molar refractivity (Wildman–Crippen MR) is 83.5 cm³/mol. The smallest absolute Gasteiger partial charge is 0.125 e. The lowest BCUT2D eigenvalue weighted by molar-refractivity contribution is 0.628. The van der Waals surface area contributed by atoms with Gasteiger partial charge in [-0.25, -0.2) is 9.37 Å². The van der Waals surface area contributed by atoms with Gasteiger partial charge >= 0.3 is 0 Å². The first-order chi connectivity index (χ1) is 9.52. The molecule has 0 saturated carbocycles. The fourth-order valence-electron chi connectivity index (χ4n) is 1.95. The van der Waals surface area contributed by atoms with Crippen LogP contribution >= 0.6 is 22.9 Å². The molecule has 3 rings (SSSR count). The largest absolute Gasteiger partial charge is 0.397 e. The first kappa shape index (κ1) is 13.1. The van der Waals surface area contributed by atoms with Crippen LogP contribution in [0.2, 0.25) is 5.02 Å². The molecule has 1 heterocycles. The molecule has 0 aliphatic rings. The summed E-state index contributed by atoms with van der Waals surface area (Å²) in [6.07, 6.45) is 0. The summed E-state index contributed by atoms with van der Waals surface area (Å²) in [6.45, 7) is 1.94. The van der Waals surface area contributed by atoms with Gasteiger partial charge in [0.25, 0.3) is 0 Å². The molecule has 0 bridgehead atoms. The quantitative estimate of drug-likeness (QED) is 0.673. The minimum absolute atomic E-state index is 0.360. The van der Waals surface area contributed by atoms with Crippen molar-refractivity contribution in [2.45, 2.75) is 6.92 Å². The van der Waals surface area contributed by atoms with Gasteiger partial charge in [0.2, 0.25) is 0 Å². The summed E-state index contributed by atoms with van der Waals surface area (Å²) in [4.78, 5) is 4.41. The van der Waals surface area contributed by atoms with Gasteiger partial charge in [-0.15, -0.1) is 11.3 Å². The van der Waals surface area contributed by atoms with Crippen LogP contribution in [0, 0.1) is 12.7 Å². The van der Waals surface area contributed by atoms with E-state index in [0.29, 0.717) is 22.1 Å². The van der Waals surface area contributed by atoms with E-state index in [4.69, 9.17) is 17.3 Å². The highest BCUT2D eigenvalue weighted by Crippen LogP contribution is 2.33. The summed E-state index contributed by atoms with van der Waals surface area (Å²) in [5.74, 6) is -0.360. The maximum atomic E-state index is 13.3. The van der Waals surface area contributed by atoms with Crippen molar-refractivity contribution in [3.8, 4) is 0 Å². The summed E-state index contributed by atoms with van der Waals surface area (Å²) in [7, 11) is 0. The SMILES string of the molecule is Cc1nc2cc(Nc3cc(F)ccc3Cl)c(N)cc2s1.